The molecule has 0 spiro atoms. The number of carbonyl (C=O) groups is 4. The predicted octanol–water partition coefficient (Wildman–Crippen LogP) is 4.17. The fourth-order valence-corrected chi connectivity index (χ4v) is 3.76. The normalized spacial score (nSPS) is 13.4. The molecular weight excluding hydrogens is 462 g/mol. The van der Waals surface area contributed by atoms with E-state index in [1.165, 1.54) is 55.5 Å². The van der Waals surface area contributed by atoms with Gasteiger partial charge in [-0.1, -0.05) is 23.7 Å². The molecule has 0 N–H and O–H groups in total. The molecule has 0 bridgehead atoms. The Morgan fingerprint density at radius 1 is 0.882 bits per heavy atom. The fraction of sp³-hybridized carbons (Fsp3) is 0.0833. The molecule has 0 fully saturated rings. The summed E-state index contributed by atoms with van der Waals surface area (Å²) in [6.07, 6.45) is 0. The molecule has 0 radical (unpaired) electrons. The maximum absolute atomic E-state index is 13.5. The fourth-order valence-electron chi connectivity index (χ4n) is 3.64. The van der Waals surface area contributed by atoms with Crippen LogP contribution < -0.4 is 0 Å². The second kappa shape index (κ2) is 8.87. The topological polar surface area (TPSA) is 118 Å². The van der Waals surface area contributed by atoms with Crippen molar-refractivity contribution >= 4 is 40.8 Å². The number of nitro groups is 1. The highest BCUT2D eigenvalue weighted by atomic mass is 35.5. The molecule has 3 aromatic rings. The van der Waals surface area contributed by atoms with Gasteiger partial charge in [-0.25, -0.2) is 5.01 Å². The molecule has 3 amide bonds. The number of carbonyl (C=O) groups excluding carboxylic acids is 4. The van der Waals surface area contributed by atoms with Crippen molar-refractivity contribution in [1.29, 1.82) is 0 Å². The summed E-state index contributed by atoms with van der Waals surface area (Å²) in [6.45, 7) is 1.39. The van der Waals surface area contributed by atoms with Crippen LogP contribution in [0.4, 0.5) is 5.69 Å². The summed E-state index contributed by atoms with van der Waals surface area (Å²) in [6, 6.07) is 15.4. The first-order valence-corrected chi connectivity index (χ1v) is 10.4. The molecule has 9 nitrogen and oxygen atoms in total. The number of Topliss-reactive ketones (excluding diaryl/α,β-unsaturated/α-hetero) is 1. The molecule has 0 saturated heterocycles. The van der Waals surface area contributed by atoms with Gasteiger partial charge >= 0.3 is 0 Å². The molecule has 1 heterocycles. The maximum atomic E-state index is 13.5. The van der Waals surface area contributed by atoms with E-state index >= 15 is 0 Å². The van der Waals surface area contributed by atoms with Crippen molar-refractivity contribution in [3.63, 3.8) is 0 Å². The summed E-state index contributed by atoms with van der Waals surface area (Å²) in [5, 5.41) is 12.8. The Morgan fingerprint density at radius 2 is 1.38 bits per heavy atom. The molecule has 0 aliphatic carbocycles. The van der Waals surface area contributed by atoms with Gasteiger partial charge in [0.25, 0.3) is 23.4 Å². The van der Waals surface area contributed by atoms with Crippen LogP contribution in [0.25, 0.3) is 0 Å². The molecule has 3 aromatic carbocycles. The number of halogens is 1. The third-order valence-electron chi connectivity index (χ3n) is 5.40. The van der Waals surface area contributed by atoms with Crippen LogP contribution >= 0.6 is 11.6 Å². The van der Waals surface area contributed by atoms with Crippen LogP contribution in [0.1, 0.15) is 48.4 Å². The Hall–Kier alpha value is -4.37. The highest BCUT2D eigenvalue weighted by Crippen LogP contribution is 2.28. The predicted molar refractivity (Wildman–Crippen MR) is 121 cm³/mol. The molecule has 0 saturated carbocycles. The molecule has 1 atom stereocenters. The van der Waals surface area contributed by atoms with Crippen LogP contribution in [-0.4, -0.2) is 44.5 Å². The summed E-state index contributed by atoms with van der Waals surface area (Å²) < 4.78 is 0. The molecule has 0 unspecified atom stereocenters. The van der Waals surface area contributed by atoms with E-state index in [4.69, 9.17) is 11.6 Å². The maximum Gasteiger partial charge on any atom is 0.280 e. The molecular formula is C24H16ClN3O6. The summed E-state index contributed by atoms with van der Waals surface area (Å²) >= 11 is 5.90. The Balaban J connectivity index is 1.78. The number of ketones is 1. The number of non-ortho nitro benzene ring substituents is 1. The van der Waals surface area contributed by atoms with Crippen molar-refractivity contribution in [1.82, 2.24) is 10.0 Å². The van der Waals surface area contributed by atoms with Crippen molar-refractivity contribution in [2.45, 2.75) is 13.0 Å². The zero-order valence-corrected chi connectivity index (χ0v) is 18.4. The third-order valence-corrected chi connectivity index (χ3v) is 5.65. The standard InChI is InChI=1S/C24H16ClN3O6/c1-14(21(29)15-6-10-17(25)11-7-15)26(22(30)16-8-12-18(13-9-16)28(33)34)27-23(31)19-4-2-3-5-20(19)24(27)32/h2-14H,1H3/t14-/m0/s1. The Bertz CT molecular complexity index is 1300. The van der Waals surface area contributed by atoms with Gasteiger partial charge in [0.1, 0.15) is 6.04 Å². The van der Waals surface area contributed by atoms with E-state index in [-0.39, 0.29) is 27.9 Å². The van der Waals surface area contributed by atoms with E-state index < -0.39 is 34.5 Å². The van der Waals surface area contributed by atoms with Crippen LogP contribution in [0, 0.1) is 10.1 Å². The molecule has 34 heavy (non-hydrogen) atoms. The Labute approximate surface area is 198 Å². The number of fused-ring (bicyclic) bond motifs is 1. The summed E-state index contributed by atoms with van der Waals surface area (Å²) in [7, 11) is 0. The number of nitro benzene ring substituents is 1. The van der Waals surface area contributed by atoms with E-state index in [2.05, 4.69) is 0 Å². The molecule has 170 valence electrons. The smallest absolute Gasteiger partial charge is 0.280 e. The van der Waals surface area contributed by atoms with Crippen molar-refractivity contribution < 1.29 is 24.1 Å². The number of rotatable bonds is 6. The molecule has 4 rings (SSSR count). The van der Waals surface area contributed by atoms with Gasteiger partial charge in [0, 0.05) is 28.3 Å². The molecule has 0 aromatic heterocycles. The van der Waals surface area contributed by atoms with Crippen molar-refractivity contribution in [3.05, 3.63) is 110 Å². The van der Waals surface area contributed by atoms with Gasteiger partial charge in [0.2, 0.25) is 0 Å². The molecule has 1 aliphatic rings. The van der Waals surface area contributed by atoms with Crippen LogP contribution in [-0.2, 0) is 0 Å². The van der Waals surface area contributed by atoms with Gasteiger partial charge in [-0.3, -0.25) is 29.3 Å². The number of imide groups is 1. The lowest BCUT2D eigenvalue weighted by atomic mass is 10.0. The summed E-state index contributed by atoms with van der Waals surface area (Å²) in [4.78, 5) is 63.4. The number of amides is 3. The van der Waals surface area contributed by atoms with Gasteiger partial charge in [-0.15, -0.1) is 0 Å². The highest BCUT2D eigenvalue weighted by Gasteiger charge is 2.44. The molecule has 10 heteroatoms. The van der Waals surface area contributed by atoms with Gasteiger partial charge in [-0.05, 0) is 55.5 Å². The average Bonchev–Trinajstić information content (AvgIpc) is 3.09. The summed E-state index contributed by atoms with van der Waals surface area (Å²) in [5.41, 5.74) is 0.127. The van der Waals surface area contributed by atoms with Crippen molar-refractivity contribution in [2.24, 2.45) is 0 Å². The van der Waals surface area contributed by atoms with Gasteiger partial charge < -0.3 is 0 Å². The zero-order valence-electron chi connectivity index (χ0n) is 17.7. The van der Waals surface area contributed by atoms with Crippen molar-refractivity contribution in [3.8, 4) is 0 Å². The van der Waals surface area contributed by atoms with Crippen LogP contribution in [0.5, 0.6) is 0 Å². The SMILES string of the molecule is C[C@@H](C(=O)c1ccc(Cl)cc1)N(C(=O)c1ccc([N+](=O)[O-])cc1)N1C(=O)c2ccccc2C1=O. The lowest BCUT2D eigenvalue weighted by Gasteiger charge is -2.34. The largest absolute Gasteiger partial charge is 0.292 e. The van der Waals surface area contributed by atoms with Gasteiger partial charge in [0.15, 0.2) is 5.78 Å². The second-order valence-electron chi connectivity index (χ2n) is 7.47. The van der Waals surface area contributed by atoms with Crippen molar-refractivity contribution in [2.75, 3.05) is 0 Å². The minimum absolute atomic E-state index is 0.0436. The number of hydrogen-bond acceptors (Lipinski definition) is 6. The van der Waals surface area contributed by atoms with Gasteiger partial charge in [0.05, 0.1) is 16.1 Å². The van der Waals surface area contributed by atoms with Gasteiger partial charge in [-0.2, -0.15) is 5.01 Å². The summed E-state index contributed by atoms with van der Waals surface area (Å²) in [5.74, 6) is -2.90. The Morgan fingerprint density at radius 3 is 1.88 bits per heavy atom. The van der Waals surface area contributed by atoms with E-state index in [9.17, 15) is 29.3 Å². The highest BCUT2D eigenvalue weighted by molar-refractivity contribution is 6.30. The lowest BCUT2D eigenvalue weighted by molar-refractivity contribution is -0.384. The quantitative estimate of drug-likeness (QED) is 0.227. The first-order valence-electron chi connectivity index (χ1n) is 10.1. The number of benzene rings is 3. The van der Waals surface area contributed by atoms with E-state index in [1.54, 1.807) is 12.1 Å². The van der Waals surface area contributed by atoms with E-state index in [1.807, 2.05) is 0 Å². The second-order valence-corrected chi connectivity index (χ2v) is 7.90. The lowest BCUT2D eigenvalue weighted by Crippen LogP contribution is -2.56. The number of hydrazine groups is 1. The first-order chi connectivity index (χ1) is 16.2. The van der Waals surface area contributed by atoms with Crippen LogP contribution in [0.2, 0.25) is 5.02 Å². The van der Waals surface area contributed by atoms with Crippen LogP contribution in [0.3, 0.4) is 0 Å². The number of nitrogens with zero attached hydrogens (tertiary/aromatic N) is 3. The zero-order chi connectivity index (χ0) is 24.6. The average molecular weight is 478 g/mol. The minimum Gasteiger partial charge on any atom is -0.292 e. The molecule has 1 aliphatic heterocycles. The Kier molecular flexibility index (Phi) is 5.95. The monoisotopic (exact) mass is 477 g/mol. The van der Waals surface area contributed by atoms with E-state index in [0.29, 0.717) is 10.0 Å². The number of hydrogen-bond donors (Lipinski definition) is 0. The third kappa shape index (κ3) is 3.93. The van der Waals surface area contributed by atoms with E-state index in [0.717, 1.165) is 17.1 Å². The van der Waals surface area contributed by atoms with Crippen LogP contribution in [0.15, 0.2) is 72.8 Å². The minimum atomic E-state index is -1.27. The first kappa shape index (κ1) is 22.8.